The Labute approximate surface area is 223 Å². The van der Waals surface area contributed by atoms with E-state index < -0.39 is 23.4 Å². The molecule has 0 bridgehead atoms. The van der Waals surface area contributed by atoms with Crippen molar-refractivity contribution in [2.24, 2.45) is 0 Å². The summed E-state index contributed by atoms with van der Waals surface area (Å²) in [6.07, 6.45) is 0. The fourth-order valence-electron chi connectivity index (χ4n) is 3.57. The summed E-state index contributed by atoms with van der Waals surface area (Å²) in [5.41, 5.74) is 4.21. The molecule has 0 saturated carbocycles. The maximum atomic E-state index is 13.3. The summed E-state index contributed by atoms with van der Waals surface area (Å²) >= 11 is 6.28. The monoisotopic (exact) mass is 541 g/mol. The Morgan fingerprint density at radius 3 is 1.92 bits per heavy atom. The minimum Gasteiger partial charge on any atom is -0.462 e. The number of anilines is 1. The molecule has 0 atom stereocenters. The van der Waals surface area contributed by atoms with Gasteiger partial charge in [-0.3, -0.25) is 15.6 Å². The van der Waals surface area contributed by atoms with Gasteiger partial charge in [0.15, 0.2) is 10.7 Å². The molecule has 0 spiro atoms. The molecule has 1 heterocycles. The summed E-state index contributed by atoms with van der Waals surface area (Å²) in [5.74, 6) is -2.00. The number of hydrogen-bond acceptors (Lipinski definition) is 8. The van der Waals surface area contributed by atoms with E-state index in [0.717, 1.165) is 11.3 Å². The van der Waals surface area contributed by atoms with Gasteiger partial charge in [0.05, 0.1) is 18.8 Å². The second-order valence-electron chi connectivity index (χ2n) is 7.68. The van der Waals surface area contributed by atoms with Crippen LogP contribution in [0.3, 0.4) is 0 Å². The number of carbonyl (C=O) groups is 3. The SMILES string of the molecule is CCOC(=O)c1sc(NC(=S)NNC(=O)C(O)(c2ccccc2)c2ccccc2)c(C(=O)OCC)c1C. The number of rotatable bonds is 8. The van der Waals surface area contributed by atoms with E-state index in [2.05, 4.69) is 16.2 Å². The van der Waals surface area contributed by atoms with E-state index in [9.17, 15) is 19.5 Å². The van der Waals surface area contributed by atoms with Crippen LogP contribution in [-0.4, -0.2) is 41.3 Å². The van der Waals surface area contributed by atoms with Crippen LogP contribution in [0.2, 0.25) is 0 Å². The first-order chi connectivity index (χ1) is 17.7. The van der Waals surface area contributed by atoms with E-state index in [4.69, 9.17) is 21.7 Å². The van der Waals surface area contributed by atoms with Gasteiger partial charge in [0.2, 0.25) is 0 Å². The summed E-state index contributed by atoms with van der Waals surface area (Å²) in [5, 5.41) is 14.5. The average Bonchev–Trinajstić information content (AvgIpc) is 3.23. The van der Waals surface area contributed by atoms with E-state index in [1.165, 1.54) is 0 Å². The first-order valence-electron chi connectivity index (χ1n) is 11.4. The molecule has 1 amide bonds. The van der Waals surface area contributed by atoms with Crippen LogP contribution in [0.25, 0.3) is 0 Å². The Balaban J connectivity index is 1.82. The summed E-state index contributed by atoms with van der Waals surface area (Å²) < 4.78 is 10.2. The van der Waals surface area contributed by atoms with Gasteiger partial charge in [0.1, 0.15) is 9.88 Å². The Morgan fingerprint density at radius 2 is 1.41 bits per heavy atom. The number of thiophene rings is 1. The van der Waals surface area contributed by atoms with Gasteiger partial charge in [-0.2, -0.15) is 0 Å². The average molecular weight is 542 g/mol. The Morgan fingerprint density at radius 1 is 0.892 bits per heavy atom. The molecule has 1 aromatic heterocycles. The van der Waals surface area contributed by atoms with Crippen LogP contribution in [0.15, 0.2) is 60.7 Å². The van der Waals surface area contributed by atoms with Crippen LogP contribution in [-0.2, 0) is 19.9 Å². The van der Waals surface area contributed by atoms with Crippen molar-refractivity contribution in [1.82, 2.24) is 10.9 Å². The fraction of sp³-hybridized carbons (Fsp3) is 0.231. The summed E-state index contributed by atoms with van der Waals surface area (Å²) in [7, 11) is 0. The smallest absolute Gasteiger partial charge is 0.348 e. The van der Waals surface area contributed by atoms with Crippen LogP contribution in [0, 0.1) is 6.92 Å². The highest BCUT2D eigenvalue weighted by Crippen LogP contribution is 2.34. The third-order valence-electron chi connectivity index (χ3n) is 5.32. The van der Waals surface area contributed by atoms with Crippen molar-refractivity contribution >= 4 is 51.5 Å². The predicted octanol–water partition coefficient (Wildman–Crippen LogP) is 3.66. The summed E-state index contributed by atoms with van der Waals surface area (Å²) in [6.45, 7) is 5.27. The second-order valence-corrected chi connectivity index (χ2v) is 9.11. The van der Waals surface area contributed by atoms with Crippen LogP contribution < -0.4 is 16.2 Å². The Hall–Kier alpha value is -3.80. The topological polar surface area (TPSA) is 126 Å². The molecule has 0 unspecified atom stereocenters. The van der Waals surface area contributed by atoms with Crippen LogP contribution in [0.5, 0.6) is 0 Å². The quantitative estimate of drug-likeness (QED) is 0.192. The number of benzene rings is 2. The number of thiocarbonyl (C=S) groups is 1. The molecular weight excluding hydrogens is 514 g/mol. The molecule has 0 aliphatic carbocycles. The largest absolute Gasteiger partial charge is 0.462 e. The molecule has 37 heavy (non-hydrogen) atoms. The maximum absolute atomic E-state index is 13.3. The molecule has 3 rings (SSSR count). The van der Waals surface area contributed by atoms with Crippen molar-refractivity contribution in [3.8, 4) is 0 Å². The van der Waals surface area contributed by atoms with Crippen molar-refractivity contribution in [1.29, 1.82) is 0 Å². The van der Waals surface area contributed by atoms with Gasteiger partial charge in [0.25, 0.3) is 5.91 Å². The second kappa shape index (κ2) is 12.4. The zero-order chi connectivity index (χ0) is 27.0. The van der Waals surface area contributed by atoms with E-state index in [-0.39, 0.29) is 33.8 Å². The minimum atomic E-state index is -2.02. The van der Waals surface area contributed by atoms with E-state index in [1.807, 2.05) is 0 Å². The summed E-state index contributed by atoms with van der Waals surface area (Å²) in [6, 6.07) is 17.0. The van der Waals surface area contributed by atoms with Gasteiger partial charge in [-0.25, -0.2) is 9.59 Å². The Bertz CT molecular complexity index is 1240. The lowest BCUT2D eigenvalue weighted by Gasteiger charge is -2.28. The Kier molecular flexibility index (Phi) is 9.34. The van der Waals surface area contributed by atoms with Crippen molar-refractivity contribution < 1.29 is 29.0 Å². The molecule has 4 N–H and O–H groups in total. The number of carbonyl (C=O) groups excluding carboxylic acids is 3. The first-order valence-corrected chi connectivity index (χ1v) is 12.6. The normalized spacial score (nSPS) is 10.8. The molecule has 0 saturated heterocycles. The lowest BCUT2D eigenvalue weighted by atomic mass is 9.85. The third kappa shape index (κ3) is 6.13. The number of ether oxygens (including phenoxy) is 2. The van der Waals surface area contributed by atoms with Gasteiger partial charge >= 0.3 is 11.9 Å². The van der Waals surface area contributed by atoms with Crippen molar-refractivity contribution in [3.63, 3.8) is 0 Å². The standard InChI is InChI=1S/C26H27N3O6S2/c1-4-34-22(30)19-16(3)20(23(31)35-5-2)37-21(19)27-25(36)29-28-24(32)26(33,17-12-8-6-9-13-17)18-14-10-7-11-15-18/h6-15,33H,4-5H2,1-3H3,(H,28,32)(H2,27,29,36). The highest BCUT2D eigenvalue weighted by Gasteiger charge is 2.40. The lowest BCUT2D eigenvalue weighted by Crippen LogP contribution is -2.53. The number of nitrogens with one attached hydrogen (secondary N) is 3. The van der Waals surface area contributed by atoms with E-state index in [1.54, 1.807) is 81.4 Å². The lowest BCUT2D eigenvalue weighted by molar-refractivity contribution is -0.137. The van der Waals surface area contributed by atoms with Crippen LogP contribution in [0.4, 0.5) is 5.00 Å². The number of hydrogen-bond donors (Lipinski definition) is 4. The molecular formula is C26H27N3O6S2. The molecule has 0 radical (unpaired) electrons. The minimum absolute atomic E-state index is 0.0842. The van der Waals surface area contributed by atoms with E-state index >= 15 is 0 Å². The third-order valence-corrected chi connectivity index (χ3v) is 6.71. The molecule has 0 aliphatic heterocycles. The molecule has 11 heteroatoms. The molecule has 0 aliphatic rings. The van der Waals surface area contributed by atoms with Gasteiger partial charge in [-0.1, -0.05) is 60.7 Å². The van der Waals surface area contributed by atoms with Crippen molar-refractivity contribution in [3.05, 3.63) is 87.8 Å². The van der Waals surface area contributed by atoms with Crippen LogP contribution >= 0.6 is 23.6 Å². The fourth-order valence-corrected chi connectivity index (χ4v) is 4.88. The predicted molar refractivity (Wildman–Crippen MR) is 144 cm³/mol. The number of esters is 2. The molecule has 194 valence electrons. The highest BCUT2D eigenvalue weighted by atomic mass is 32.1. The number of amides is 1. The maximum Gasteiger partial charge on any atom is 0.348 e. The zero-order valence-electron chi connectivity index (χ0n) is 20.5. The van der Waals surface area contributed by atoms with Gasteiger partial charge in [0, 0.05) is 0 Å². The molecule has 2 aromatic carbocycles. The first kappa shape index (κ1) is 27.8. The zero-order valence-corrected chi connectivity index (χ0v) is 22.1. The molecule has 0 fully saturated rings. The molecule has 3 aromatic rings. The van der Waals surface area contributed by atoms with Gasteiger partial charge in [-0.15, -0.1) is 11.3 Å². The van der Waals surface area contributed by atoms with Crippen molar-refractivity contribution in [2.45, 2.75) is 26.4 Å². The number of aliphatic hydroxyl groups is 1. The highest BCUT2D eigenvalue weighted by molar-refractivity contribution is 7.80. The summed E-state index contributed by atoms with van der Waals surface area (Å²) in [4.78, 5) is 38.4. The van der Waals surface area contributed by atoms with Crippen molar-refractivity contribution in [2.75, 3.05) is 18.5 Å². The van der Waals surface area contributed by atoms with Gasteiger partial charge < -0.3 is 19.9 Å². The van der Waals surface area contributed by atoms with E-state index in [0.29, 0.717) is 16.7 Å². The number of hydrazine groups is 1. The van der Waals surface area contributed by atoms with Crippen LogP contribution in [0.1, 0.15) is 50.6 Å². The van der Waals surface area contributed by atoms with Gasteiger partial charge in [-0.05, 0) is 49.7 Å². The molecule has 9 nitrogen and oxygen atoms in total.